The molecular weight excluding hydrogens is 262 g/mol. The van der Waals surface area contributed by atoms with Crippen LogP contribution in [-0.4, -0.2) is 44.7 Å². The number of phenols is 2. The van der Waals surface area contributed by atoms with Crippen molar-refractivity contribution >= 4 is 11.9 Å². The molecule has 1 saturated heterocycles. The molecule has 0 radical (unpaired) electrons. The molecule has 0 aliphatic carbocycles. The fourth-order valence-corrected chi connectivity index (χ4v) is 2.50. The summed E-state index contributed by atoms with van der Waals surface area (Å²) >= 11 is 0. The predicted octanol–water partition coefficient (Wildman–Crippen LogP) is 1.57. The number of likely N-dealkylation sites (tertiary alicyclic amines) is 1. The van der Waals surface area contributed by atoms with Gasteiger partial charge in [-0.3, -0.25) is 4.79 Å². The summed E-state index contributed by atoms with van der Waals surface area (Å²) in [5.41, 5.74) is -0.236. The second-order valence-electron chi connectivity index (χ2n) is 4.87. The van der Waals surface area contributed by atoms with Gasteiger partial charge in [0, 0.05) is 6.54 Å². The normalized spacial score (nSPS) is 19.4. The first-order valence-electron chi connectivity index (χ1n) is 6.57. The van der Waals surface area contributed by atoms with E-state index >= 15 is 0 Å². The smallest absolute Gasteiger partial charge is 0.326 e. The molecule has 1 aromatic carbocycles. The van der Waals surface area contributed by atoms with Crippen LogP contribution >= 0.6 is 0 Å². The van der Waals surface area contributed by atoms with Crippen LogP contribution in [0.15, 0.2) is 18.2 Å². The van der Waals surface area contributed by atoms with Gasteiger partial charge < -0.3 is 20.2 Å². The maximum Gasteiger partial charge on any atom is 0.326 e. The van der Waals surface area contributed by atoms with E-state index in [1.165, 1.54) is 23.1 Å². The summed E-state index contributed by atoms with van der Waals surface area (Å²) in [6.45, 7) is 0.309. The lowest BCUT2D eigenvalue weighted by molar-refractivity contribution is -0.142. The molecule has 0 spiro atoms. The minimum absolute atomic E-state index is 0.236. The first-order valence-corrected chi connectivity index (χ1v) is 6.57. The van der Waals surface area contributed by atoms with Crippen molar-refractivity contribution in [3.8, 4) is 11.5 Å². The maximum atomic E-state index is 12.5. The molecule has 1 atom stereocenters. The van der Waals surface area contributed by atoms with E-state index in [-0.39, 0.29) is 17.1 Å². The number of carboxylic acids is 1. The van der Waals surface area contributed by atoms with Gasteiger partial charge in [0.05, 0.1) is 0 Å². The zero-order chi connectivity index (χ0) is 14.7. The Kier molecular flexibility index (Phi) is 4.12. The molecule has 6 heteroatoms. The van der Waals surface area contributed by atoms with Crippen LogP contribution in [0.5, 0.6) is 11.5 Å². The molecule has 1 aliphatic heterocycles. The average molecular weight is 279 g/mol. The number of aliphatic carboxylic acids is 1. The zero-order valence-corrected chi connectivity index (χ0v) is 11.0. The SMILES string of the molecule is O=C(O)C1CCCCCN1C(=O)c1c(O)cccc1O. The van der Waals surface area contributed by atoms with Gasteiger partial charge in [-0.1, -0.05) is 18.9 Å². The largest absolute Gasteiger partial charge is 0.507 e. The third-order valence-electron chi connectivity index (χ3n) is 3.53. The maximum absolute atomic E-state index is 12.5. The lowest BCUT2D eigenvalue weighted by Gasteiger charge is -2.27. The van der Waals surface area contributed by atoms with Gasteiger partial charge in [0.2, 0.25) is 0 Å². The van der Waals surface area contributed by atoms with Crippen molar-refractivity contribution in [2.24, 2.45) is 0 Å². The number of nitrogens with zero attached hydrogens (tertiary/aromatic N) is 1. The Balaban J connectivity index is 2.36. The molecule has 1 fully saturated rings. The third kappa shape index (κ3) is 2.68. The Bertz CT molecular complexity index is 508. The van der Waals surface area contributed by atoms with Crippen LogP contribution in [0.25, 0.3) is 0 Å². The van der Waals surface area contributed by atoms with Crippen LogP contribution in [0.2, 0.25) is 0 Å². The van der Waals surface area contributed by atoms with Crippen molar-refractivity contribution in [2.75, 3.05) is 6.54 Å². The highest BCUT2D eigenvalue weighted by Gasteiger charge is 2.33. The predicted molar refractivity (Wildman–Crippen MR) is 70.7 cm³/mol. The highest BCUT2D eigenvalue weighted by molar-refractivity contribution is 6.01. The van der Waals surface area contributed by atoms with E-state index in [9.17, 15) is 24.9 Å². The van der Waals surface area contributed by atoms with Gasteiger partial charge in [-0.25, -0.2) is 4.79 Å². The Morgan fingerprint density at radius 2 is 1.75 bits per heavy atom. The molecule has 20 heavy (non-hydrogen) atoms. The lowest BCUT2D eigenvalue weighted by Crippen LogP contribution is -2.44. The molecule has 6 nitrogen and oxygen atoms in total. The number of carbonyl (C=O) groups excluding carboxylic acids is 1. The number of amides is 1. The monoisotopic (exact) mass is 279 g/mol. The molecule has 1 aromatic rings. The summed E-state index contributed by atoms with van der Waals surface area (Å²) in [5, 5.41) is 28.7. The second kappa shape index (κ2) is 5.81. The van der Waals surface area contributed by atoms with Crippen molar-refractivity contribution < 1.29 is 24.9 Å². The van der Waals surface area contributed by atoms with E-state index in [0.717, 1.165) is 12.8 Å². The fourth-order valence-electron chi connectivity index (χ4n) is 2.50. The van der Waals surface area contributed by atoms with Crippen LogP contribution in [0, 0.1) is 0 Å². The minimum atomic E-state index is -1.06. The zero-order valence-electron chi connectivity index (χ0n) is 11.0. The number of hydrogen-bond donors (Lipinski definition) is 3. The van der Waals surface area contributed by atoms with Gasteiger partial charge in [-0.2, -0.15) is 0 Å². The molecule has 3 N–H and O–H groups in total. The summed E-state index contributed by atoms with van der Waals surface area (Å²) in [6.07, 6.45) is 2.70. The first kappa shape index (κ1) is 14.2. The second-order valence-corrected chi connectivity index (χ2v) is 4.87. The van der Waals surface area contributed by atoms with Gasteiger partial charge in [-0.15, -0.1) is 0 Å². The number of aromatic hydroxyl groups is 2. The van der Waals surface area contributed by atoms with Crippen molar-refractivity contribution in [1.82, 2.24) is 4.90 Å². The molecule has 1 aliphatic rings. The Hall–Kier alpha value is -2.24. The van der Waals surface area contributed by atoms with Crippen LogP contribution < -0.4 is 0 Å². The Labute approximate surface area is 116 Å². The van der Waals surface area contributed by atoms with Gasteiger partial charge in [0.1, 0.15) is 23.1 Å². The number of hydrogen-bond acceptors (Lipinski definition) is 4. The van der Waals surface area contributed by atoms with E-state index in [0.29, 0.717) is 19.4 Å². The van der Waals surface area contributed by atoms with Gasteiger partial charge in [0.15, 0.2) is 0 Å². The fraction of sp³-hybridized carbons (Fsp3) is 0.429. The van der Waals surface area contributed by atoms with Crippen LogP contribution in [0.1, 0.15) is 36.0 Å². The van der Waals surface area contributed by atoms with Crippen molar-refractivity contribution in [3.05, 3.63) is 23.8 Å². The van der Waals surface area contributed by atoms with Crippen LogP contribution in [0.3, 0.4) is 0 Å². The summed E-state index contributed by atoms with van der Waals surface area (Å²) in [4.78, 5) is 25.0. The standard InChI is InChI=1S/C14H17NO5/c16-10-6-4-7-11(17)12(10)13(18)15-8-3-1-2-5-9(15)14(19)20/h4,6-7,9,16-17H,1-3,5,8H2,(H,19,20). The topological polar surface area (TPSA) is 98.1 Å². The Morgan fingerprint density at radius 1 is 1.10 bits per heavy atom. The number of carbonyl (C=O) groups is 2. The quantitative estimate of drug-likeness (QED) is 0.763. The molecule has 2 rings (SSSR count). The molecule has 0 bridgehead atoms. The summed E-state index contributed by atoms with van der Waals surface area (Å²) in [6, 6.07) is 3.09. The van der Waals surface area contributed by atoms with Gasteiger partial charge in [-0.05, 0) is 25.0 Å². The molecule has 108 valence electrons. The van der Waals surface area contributed by atoms with Crippen molar-refractivity contribution in [2.45, 2.75) is 31.7 Å². The van der Waals surface area contributed by atoms with Crippen LogP contribution in [-0.2, 0) is 4.79 Å². The summed E-state index contributed by atoms with van der Waals surface area (Å²) < 4.78 is 0. The number of carboxylic acid groups (broad SMARTS) is 1. The highest BCUT2D eigenvalue weighted by atomic mass is 16.4. The minimum Gasteiger partial charge on any atom is -0.507 e. The molecule has 0 saturated carbocycles. The first-order chi connectivity index (χ1) is 9.52. The van der Waals surface area contributed by atoms with Gasteiger partial charge in [0.25, 0.3) is 5.91 Å². The highest BCUT2D eigenvalue weighted by Crippen LogP contribution is 2.30. The van der Waals surface area contributed by atoms with E-state index in [1.807, 2.05) is 0 Å². The third-order valence-corrected chi connectivity index (χ3v) is 3.53. The van der Waals surface area contributed by atoms with E-state index in [2.05, 4.69) is 0 Å². The molecule has 1 amide bonds. The lowest BCUT2D eigenvalue weighted by atomic mass is 10.1. The van der Waals surface area contributed by atoms with Crippen LogP contribution in [0.4, 0.5) is 0 Å². The Morgan fingerprint density at radius 3 is 2.35 bits per heavy atom. The van der Waals surface area contributed by atoms with Gasteiger partial charge >= 0.3 is 5.97 Å². The van der Waals surface area contributed by atoms with Crippen molar-refractivity contribution in [3.63, 3.8) is 0 Å². The average Bonchev–Trinajstić information content (AvgIpc) is 2.63. The number of rotatable bonds is 2. The van der Waals surface area contributed by atoms with E-state index < -0.39 is 17.9 Å². The molecule has 1 heterocycles. The summed E-state index contributed by atoms with van der Waals surface area (Å²) in [7, 11) is 0. The molecule has 0 aromatic heterocycles. The van der Waals surface area contributed by atoms with E-state index in [4.69, 9.17) is 0 Å². The van der Waals surface area contributed by atoms with E-state index in [1.54, 1.807) is 0 Å². The molecular formula is C14H17NO5. The van der Waals surface area contributed by atoms with Crippen molar-refractivity contribution in [1.29, 1.82) is 0 Å². The number of phenolic OH excluding ortho intramolecular Hbond substituents is 2. The number of benzene rings is 1. The molecule has 1 unspecified atom stereocenters. The summed E-state index contributed by atoms with van der Waals surface area (Å²) in [5.74, 6) is -2.39.